The molecular formula is C16H31O6P. The Kier molecular flexibility index (Phi) is 8.89. The molecule has 0 aliphatic heterocycles. The van der Waals surface area contributed by atoms with E-state index >= 15 is 0 Å². The van der Waals surface area contributed by atoms with Crippen LogP contribution in [0.15, 0.2) is 12.2 Å². The average Bonchev–Trinajstić information content (AvgIpc) is 2.22. The molecule has 0 saturated heterocycles. The molecule has 2 unspecified atom stereocenters. The maximum absolute atomic E-state index is 11.5. The van der Waals surface area contributed by atoms with Crippen LogP contribution in [0.4, 0.5) is 0 Å². The van der Waals surface area contributed by atoms with E-state index in [-0.39, 0.29) is 12.2 Å². The van der Waals surface area contributed by atoms with Gasteiger partial charge in [-0.3, -0.25) is 0 Å². The number of ether oxygens (including phenoxy) is 2. The second-order valence-corrected chi connectivity index (χ2v) is 7.88. The molecule has 0 radical (unpaired) electrons. The summed E-state index contributed by atoms with van der Waals surface area (Å²) in [6.45, 7) is 16.3. The molecule has 2 N–H and O–H groups in total. The predicted octanol–water partition coefficient (Wildman–Crippen LogP) is 3.46. The molecule has 0 saturated carbocycles. The van der Waals surface area contributed by atoms with Gasteiger partial charge in [0.15, 0.2) is 0 Å². The van der Waals surface area contributed by atoms with Crippen molar-refractivity contribution in [2.75, 3.05) is 0 Å². The SMILES string of the molecule is C=C(C)C(=O)OC(C)CC(C)(C)OC(C)CC(C)(C)OP(O)O. The molecule has 7 heteroatoms. The first-order valence-corrected chi connectivity index (χ1v) is 8.82. The Labute approximate surface area is 140 Å². The van der Waals surface area contributed by atoms with Crippen LogP contribution in [0.1, 0.15) is 61.3 Å². The highest BCUT2D eigenvalue weighted by Crippen LogP contribution is 2.35. The van der Waals surface area contributed by atoms with Gasteiger partial charge in [-0.25, -0.2) is 4.79 Å². The van der Waals surface area contributed by atoms with Crippen LogP contribution in [0.5, 0.6) is 0 Å². The zero-order valence-corrected chi connectivity index (χ0v) is 16.1. The maximum atomic E-state index is 11.5. The third kappa shape index (κ3) is 10.8. The van der Waals surface area contributed by atoms with Gasteiger partial charge in [0.1, 0.15) is 6.10 Å². The zero-order chi connectivity index (χ0) is 18.4. The molecule has 6 nitrogen and oxygen atoms in total. The summed E-state index contributed by atoms with van der Waals surface area (Å²) in [6.07, 6.45) is 0.563. The summed E-state index contributed by atoms with van der Waals surface area (Å²) in [5.41, 5.74) is -0.844. The van der Waals surface area contributed by atoms with E-state index in [0.717, 1.165) is 0 Å². The lowest BCUT2D eigenvalue weighted by Crippen LogP contribution is -2.37. The van der Waals surface area contributed by atoms with Crippen molar-refractivity contribution in [2.24, 2.45) is 0 Å². The van der Waals surface area contributed by atoms with E-state index in [1.54, 1.807) is 20.8 Å². The second kappa shape index (κ2) is 9.09. The minimum Gasteiger partial charge on any atom is -0.459 e. The molecule has 136 valence electrons. The summed E-state index contributed by atoms with van der Waals surface area (Å²) < 4.78 is 16.4. The molecular weight excluding hydrogens is 319 g/mol. The van der Waals surface area contributed by atoms with Gasteiger partial charge >= 0.3 is 14.6 Å². The van der Waals surface area contributed by atoms with Gasteiger partial charge in [-0.1, -0.05) is 6.58 Å². The van der Waals surface area contributed by atoms with E-state index in [2.05, 4.69) is 6.58 Å². The molecule has 0 fully saturated rings. The molecule has 0 aliphatic rings. The van der Waals surface area contributed by atoms with Gasteiger partial charge in [0.2, 0.25) is 0 Å². The number of hydrogen-bond acceptors (Lipinski definition) is 6. The summed E-state index contributed by atoms with van der Waals surface area (Å²) in [5, 5.41) is 0. The molecule has 0 amide bonds. The van der Waals surface area contributed by atoms with E-state index < -0.39 is 25.8 Å². The Morgan fingerprint density at radius 1 is 1.09 bits per heavy atom. The van der Waals surface area contributed by atoms with Gasteiger partial charge in [-0.15, -0.1) is 0 Å². The van der Waals surface area contributed by atoms with E-state index in [1.165, 1.54) is 0 Å². The van der Waals surface area contributed by atoms with Gasteiger partial charge in [0, 0.05) is 18.4 Å². The summed E-state index contributed by atoms with van der Waals surface area (Å²) in [5.74, 6) is -0.407. The third-order valence-corrected chi connectivity index (χ3v) is 3.72. The Morgan fingerprint density at radius 2 is 1.57 bits per heavy atom. The fourth-order valence-electron chi connectivity index (χ4n) is 2.60. The molecule has 2 atom stereocenters. The first kappa shape index (κ1) is 22.5. The first-order chi connectivity index (χ1) is 10.2. The van der Waals surface area contributed by atoms with Gasteiger partial charge in [0.05, 0.1) is 17.3 Å². The number of carbonyl (C=O) groups is 1. The minimum atomic E-state index is -2.40. The van der Waals surface area contributed by atoms with Crippen molar-refractivity contribution < 1.29 is 28.6 Å². The van der Waals surface area contributed by atoms with Gasteiger partial charge < -0.3 is 23.8 Å². The Morgan fingerprint density at radius 3 is 2.00 bits per heavy atom. The lowest BCUT2D eigenvalue weighted by molar-refractivity contribution is -0.149. The van der Waals surface area contributed by atoms with Crippen molar-refractivity contribution >= 4 is 14.6 Å². The molecule has 0 spiro atoms. The van der Waals surface area contributed by atoms with E-state index in [4.69, 9.17) is 23.8 Å². The monoisotopic (exact) mass is 350 g/mol. The average molecular weight is 350 g/mol. The third-order valence-electron chi connectivity index (χ3n) is 3.06. The topological polar surface area (TPSA) is 85.2 Å². The van der Waals surface area contributed by atoms with Gasteiger partial charge in [-0.2, -0.15) is 0 Å². The first-order valence-electron chi connectivity index (χ1n) is 7.65. The van der Waals surface area contributed by atoms with E-state index in [1.807, 2.05) is 27.7 Å². The number of hydrogen-bond donors (Lipinski definition) is 2. The molecule has 0 aromatic rings. The van der Waals surface area contributed by atoms with Crippen LogP contribution >= 0.6 is 8.60 Å². The van der Waals surface area contributed by atoms with Crippen LogP contribution in [0.3, 0.4) is 0 Å². The molecule has 0 bridgehead atoms. The fourth-order valence-corrected chi connectivity index (χ4v) is 3.12. The van der Waals surface area contributed by atoms with Crippen LogP contribution in [0.2, 0.25) is 0 Å². The highest BCUT2D eigenvalue weighted by atomic mass is 31.2. The highest BCUT2D eigenvalue weighted by Gasteiger charge is 2.31. The molecule has 0 rings (SSSR count). The molecule has 0 aromatic carbocycles. The normalized spacial score (nSPS) is 15.4. The van der Waals surface area contributed by atoms with Crippen LogP contribution in [-0.2, 0) is 18.8 Å². The highest BCUT2D eigenvalue weighted by molar-refractivity contribution is 7.39. The summed E-state index contributed by atoms with van der Waals surface area (Å²) in [6, 6.07) is 0. The molecule has 23 heavy (non-hydrogen) atoms. The Hall–Kier alpha value is -0.520. The number of esters is 1. The van der Waals surface area contributed by atoms with Crippen molar-refractivity contribution in [3.05, 3.63) is 12.2 Å². The van der Waals surface area contributed by atoms with Crippen molar-refractivity contribution in [1.82, 2.24) is 0 Å². The van der Waals surface area contributed by atoms with Crippen LogP contribution in [0.25, 0.3) is 0 Å². The lowest BCUT2D eigenvalue weighted by Gasteiger charge is -2.35. The van der Waals surface area contributed by atoms with Crippen molar-refractivity contribution in [1.29, 1.82) is 0 Å². The molecule has 0 aliphatic carbocycles. The second-order valence-electron chi connectivity index (χ2n) is 7.20. The zero-order valence-electron chi connectivity index (χ0n) is 15.3. The summed E-state index contributed by atoms with van der Waals surface area (Å²) >= 11 is 0. The van der Waals surface area contributed by atoms with Crippen LogP contribution in [0, 0.1) is 0 Å². The minimum absolute atomic E-state index is 0.168. The van der Waals surface area contributed by atoms with Gasteiger partial charge in [0.25, 0.3) is 0 Å². The van der Waals surface area contributed by atoms with Crippen LogP contribution in [-0.4, -0.2) is 39.2 Å². The smallest absolute Gasteiger partial charge is 0.333 e. The summed E-state index contributed by atoms with van der Waals surface area (Å²) in [4.78, 5) is 29.5. The van der Waals surface area contributed by atoms with Crippen molar-refractivity contribution in [2.45, 2.75) is 84.7 Å². The Bertz CT molecular complexity index is 405. The predicted molar refractivity (Wildman–Crippen MR) is 90.7 cm³/mol. The lowest BCUT2D eigenvalue weighted by atomic mass is 9.98. The Balaban J connectivity index is 4.49. The summed E-state index contributed by atoms with van der Waals surface area (Å²) in [7, 11) is -2.40. The van der Waals surface area contributed by atoms with Gasteiger partial charge in [-0.05, 0) is 48.5 Å². The number of rotatable bonds is 10. The molecule has 0 aromatic heterocycles. The quantitative estimate of drug-likeness (QED) is 0.356. The largest absolute Gasteiger partial charge is 0.459 e. The fraction of sp³-hybridized carbons (Fsp3) is 0.812. The van der Waals surface area contributed by atoms with Crippen molar-refractivity contribution in [3.63, 3.8) is 0 Å². The van der Waals surface area contributed by atoms with Crippen molar-refractivity contribution in [3.8, 4) is 0 Å². The maximum Gasteiger partial charge on any atom is 0.333 e. The van der Waals surface area contributed by atoms with E-state index in [0.29, 0.717) is 18.4 Å². The van der Waals surface area contributed by atoms with E-state index in [9.17, 15) is 4.79 Å². The number of carbonyl (C=O) groups excluding carboxylic acids is 1. The van der Waals surface area contributed by atoms with Crippen LogP contribution < -0.4 is 0 Å². The molecule has 0 heterocycles. The standard InChI is InChI=1S/C16H31O6P/c1-11(2)14(17)20-12(3)9-15(5,6)21-13(4)10-16(7,8)22-23(18)19/h12-13,18-19H,1,9-10H2,2-8H3.